The molecule has 0 saturated carbocycles. The number of benzene rings is 1. The number of hydrogen-bond donors (Lipinski definition) is 1. The molecular formula is C14H20N2. The highest BCUT2D eigenvalue weighted by atomic mass is 15.1. The number of nitrogens with one attached hydrogen (secondary N) is 1. The zero-order valence-electron chi connectivity index (χ0n) is 9.95. The van der Waals surface area contributed by atoms with Gasteiger partial charge in [0.05, 0.1) is 0 Å². The second kappa shape index (κ2) is 5.06. The molecule has 2 heteroatoms. The predicted octanol–water partition coefficient (Wildman–Crippen LogP) is 3.27. The van der Waals surface area contributed by atoms with Crippen molar-refractivity contribution in [3.63, 3.8) is 0 Å². The molecular weight excluding hydrogens is 196 g/mol. The van der Waals surface area contributed by atoms with Crippen LogP contribution in [-0.2, 0) is 0 Å². The molecule has 1 saturated heterocycles. The van der Waals surface area contributed by atoms with Gasteiger partial charge in [-0.1, -0.05) is 6.08 Å². The second-order valence-corrected chi connectivity index (χ2v) is 4.41. The minimum Gasteiger partial charge on any atom is -0.379 e. The maximum atomic E-state index is 3.77. The lowest BCUT2D eigenvalue weighted by molar-refractivity contribution is 0.949. The normalized spacial score (nSPS) is 17.2. The molecule has 2 nitrogen and oxygen atoms in total. The van der Waals surface area contributed by atoms with Crippen LogP contribution < -0.4 is 10.2 Å². The average Bonchev–Trinajstić information content (AvgIpc) is 2.83. The zero-order valence-corrected chi connectivity index (χ0v) is 9.95. The Balaban J connectivity index is 2.01. The van der Waals surface area contributed by atoms with Crippen LogP contribution in [0.3, 0.4) is 0 Å². The Morgan fingerprint density at radius 1 is 1.25 bits per heavy atom. The summed E-state index contributed by atoms with van der Waals surface area (Å²) in [6.45, 7) is 8.27. The molecule has 1 aromatic carbocycles. The summed E-state index contributed by atoms with van der Waals surface area (Å²) in [6.07, 6.45) is 4.56. The molecule has 1 aromatic rings. The van der Waals surface area contributed by atoms with E-state index in [1.165, 1.54) is 31.6 Å². The number of rotatable bonds is 4. The first kappa shape index (κ1) is 11.1. The third-order valence-corrected chi connectivity index (χ3v) is 3.09. The van der Waals surface area contributed by atoms with E-state index in [1.807, 2.05) is 6.08 Å². The Labute approximate surface area is 98.0 Å². The molecule has 0 aliphatic carbocycles. The fourth-order valence-electron chi connectivity index (χ4n) is 2.07. The van der Waals surface area contributed by atoms with E-state index in [4.69, 9.17) is 0 Å². The van der Waals surface area contributed by atoms with Gasteiger partial charge in [0.15, 0.2) is 0 Å². The number of nitrogens with zero attached hydrogens (tertiary/aromatic N) is 1. The summed E-state index contributed by atoms with van der Waals surface area (Å²) in [5, 5.41) is 3.37. The standard InChI is InChI=1S/C14H20N2/c1-3-12(2)15-13-6-8-14(9-7-13)16-10-4-5-11-16/h3,6-9,12,15H,1,4-5,10-11H2,2H3. The summed E-state index contributed by atoms with van der Waals surface area (Å²) in [7, 11) is 0. The van der Waals surface area contributed by atoms with Crippen LogP contribution in [0, 0.1) is 0 Å². The molecule has 0 spiro atoms. The SMILES string of the molecule is C=CC(C)Nc1ccc(N2CCCC2)cc1. The molecule has 1 unspecified atom stereocenters. The van der Waals surface area contributed by atoms with Crippen molar-refractivity contribution in [1.82, 2.24) is 0 Å². The number of anilines is 2. The van der Waals surface area contributed by atoms with Crippen molar-refractivity contribution in [2.24, 2.45) is 0 Å². The van der Waals surface area contributed by atoms with Crippen molar-refractivity contribution in [3.8, 4) is 0 Å². The summed E-state index contributed by atoms with van der Waals surface area (Å²) in [5.74, 6) is 0. The Morgan fingerprint density at radius 2 is 1.88 bits per heavy atom. The maximum absolute atomic E-state index is 3.77. The molecule has 1 heterocycles. The van der Waals surface area contributed by atoms with E-state index < -0.39 is 0 Å². The fourth-order valence-corrected chi connectivity index (χ4v) is 2.07. The molecule has 1 fully saturated rings. The highest BCUT2D eigenvalue weighted by Gasteiger charge is 2.11. The van der Waals surface area contributed by atoms with Gasteiger partial charge >= 0.3 is 0 Å². The lowest BCUT2D eigenvalue weighted by Crippen LogP contribution is -2.17. The van der Waals surface area contributed by atoms with Gasteiger partial charge in [0.1, 0.15) is 0 Å². The largest absolute Gasteiger partial charge is 0.379 e. The molecule has 0 aromatic heterocycles. The van der Waals surface area contributed by atoms with Gasteiger partial charge in [-0.05, 0) is 44.0 Å². The van der Waals surface area contributed by atoms with Crippen LogP contribution >= 0.6 is 0 Å². The fraction of sp³-hybridized carbons (Fsp3) is 0.429. The van der Waals surface area contributed by atoms with Gasteiger partial charge in [0.2, 0.25) is 0 Å². The van der Waals surface area contributed by atoms with E-state index in [-0.39, 0.29) is 0 Å². The zero-order chi connectivity index (χ0) is 11.4. The highest BCUT2D eigenvalue weighted by molar-refractivity contribution is 5.56. The van der Waals surface area contributed by atoms with Crippen molar-refractivity contribution < 1.29 is 0 Å². The summed E-state index contributed by atoms with van der Waals surface area (Å²) >= 11 is 0. The molecule has 1 aliphatic heterocycles. The molecule has 16 heavy (non-hydrogen) atoms. The first-order chi connectivity index (χ1) is 7.79. The van der Waals surface area contributed by atoms with E-state index in [0.29, 0.717) is 6.04 Å². The molecule has 1 N–H and O–H groups in total. The molecule has 1 aliphatic rings. The number of hydrogen-bond acceptors (Lipinski definition) is 2. The predicted molar refractivity (Wildman–Crippen MR) is 71.2 cm³/mol. The van der Waals surface area contributed by atoms with E-state index in [0.717, 1.165) is 5.69 Å². The summed E-state index contributed by atoms with van der Waals surface area (Å²) in [6, 6.07) is 9.01. The third-order valence-electron chi connectivity index (χ3n) is 3.09. The van der Waals surface area contributed by atoms with Crippen molar-refractivity contribution in [1.29, 1.82) is 0 Å². The maximum Gasteiger partial charge on any atom is 0.0413 e. The van der Waals surface area contributed by atoms with Crippen LogP contribution in [0.15, 0.2) is 36.9 Å². The summed E-state index contributed by atoms with van der Waals surface area (Å²) in [5.41, 5.74) is 2.50. The molecule has 1 atom stereocenters. The van der Waals surface area contributed by atoms with Crippen molar-refractivity contribution in [3.05, 3.63) is 36.9 Å². The quantitative estimate of drug-likeness (QED) is 0.777. The Hall–Kier alpha value is -1.44. The summed E-state index contributed by atoms with van der Waals surface area (Å²) < 4.78 is 0. The molecule has 0 radical (unpaired) electrons. The van der Waals surface area contributed by atoms with Gasteiger partial charge in [-0.2, -0.15) is 0 Å². The van der Waals surface area contributed by atoms with Crippen LogP contribution in [-0.4, -0.2) is 19.1 Å². The van der Waals surface area contributed by atoms with Gasteiger partial charge in [0, 0.05) is 30.5 Å². The van der Waals surface area contributed by atoms with Crippen LogP contribution in [0.4, 0.5) is 11.4 Å². The first-order valence-electron chi connectivity index (χ1n) is 6.04. The van der Waals surface area contributed by atoms with E-state index >= 15 is 0 Å². The monoisotopic (exact) mass is 216 g/mol. The van der Waals surface area contributed by atoms with E-state index in [2.05, 4.69) is 48.0 Å². The van der Waals surface area contributed by atoms with Gasteiger partial charge < -0.3 is 10.2 Å². The van der Waals surface area contributed by atoms with Crippen LogP contribution in [0.5, 0.6) is 0 Å². The third kappa shape index (κ3) is 2.57. The van der Waals surface area contributed by atoms with Crippen LogP contribution in [0.25, 0.3) is 0 Å². The molecule has 2 rings (SSSR count). The van der Waals surface area contributed by atoms with E-state index in [1.54, 1.807) is 0 Å². The van der Waals surface area contributed by atoms with Gasteiger partial charge in [-0.3, -0.25) is 0 Å². The lowest BCUT2D eigenvalue weighted by atomic mass is 10.2. The van der Waals surface area contributed by atoms with E-state index in [9.17, 15) is 0 Å². The molecule has 86 valence electrons. The van der Waals surface area contributed by atoms with Crippen molar-refractivity contribution in [2.75, 3.05) is 23.3 Å². The Morgan fingerprint density at radius 3 is 2.44 bits per heavy atom. The summed E-state index contributed by atoms with van der Waals surface area (Å²) in [4.78, 5) is 2.45. The van der Waals surface area contributed by atoms with Gasteiger partial charge in [-0.15, -0.1) is 6.58 Å². The minimum absolute atomic E-state index is 0.317. The molecule has 0 amide bonds. The van der Waals surface area contributed by atoms with Crippen molar-refractivity contribution in [2.45, 2.75) is 25.8 Å². The Kier molecular flexibility index (Phi) is 3.50. The van der Waals surface area contributed by atoms with Gasteiger partial charge in [0.25, 0.3) is 0 Å². The topological polar surface area (TPSA) is 15.3 Å². The average molecular weight is 216 g/mol. The smallest absolute Gasteiger partial charge is 0.0413 e. The van der Waals surface area contributed by atoms with Gasteiger partial charge in [-0.25, -0.2) is 0 Å². The lowest BCUT2D eigenvalue weighted by Gasteiger charge is -2.18. The van der Waals surface area contributed by atoms with Crippen LogP contribution in [0.2, 0.25) is 0 Å². The highest BCUT2D eigenvalue weighted by Crippen LogP contribution is 2.22. The first-order valence-corrected chi connectivity index (χ1v) is 6.04. The second-order valence-electron chi connectivity index (χ2n) is 4.41. The van der Waals surface area contributed by atoms with Crippen LogP contribution in [0.1, 0.15) is 19.8 Å². The molecule has 0 bridgehead atoms. The van der Waals surface area contributed by atoms with Crippen molar-refractivity contribution >= 4 is 11.4 Å². The minimum atomic E-state index is 0.317. The Bertz CT molecular complexity index is 336.